The van der Waals surface area contributed by atoms with Crippen molar-refractivity contribution in [3.63, 3.8) is 0 Å². The van der Waals surface area contributed by atoms with Gasteiger partial charge in [0.2, 0.25) is 0 Å². The van der Waals surface area contributed by atoms with Crippen LogP contribution in [0.5, 0.6) is 0 Å². The van der Waals surface area contributed by atoms with Crippen molar-refractivity contribution >= 4 is 11.8 Å². The van der Waals surface area contributed by atoms with E-state index in [-0.39, 0.29) is 0 Å². The van der Waals surface area contributed by atoms with Crippen LogP contribution in [0, 0.1) is 0 Å². The summed E-state index contributed by atoms with van der Waals surface area (Å²) in [5.41, 5.74) is 4.82. The Morgan fingerprint density at radius 1 is 1.78 bits per heavy atom. The molecule has 6 heteroatoms. The second kappa shape index (κ2) is 3.53. The van der Waals surface area contributed by atoms with Crippen LogP contribution in [-0.2, 0) is 4.79 Å². The first kappa shape index (κ1) is 7.54. The standard InChI is InChI=1S/C3H6N4O2/c1-5-7-6-2(4)3(8)9/h1H3,(H,8,9)(H2,4,5,6)/p+1. The van der Waals surface area contributed by atoms with Gasteiger partial charge in [-0.05, 0) is 0 Å². The number of nitrogens with one attached hydrogen (secondary N) is 1. The summed E-state index contributed by atoms with van der Waals surface area (Å²) in [5.74, 6) is -1.82. The second-order valence-corrected chi connectivity index (χ2v) is 1.11. The van der Waals surface area contributed by atoms with Gasteiger partial charge in [-0.25, -0.2) is 4.79 Å². The fourth-order valence-electron chi connectivity index (χ4n) is 0.147. The van der Waals surface area contributed by atoms with Crippen LogP contribution in [0.2, 0.25) is 0 Å². The van der Waals surface area contributed by atoms with E-state index in [2.05, 4.69) is 15.4 Å². The van der Waals surface area contributed by atoms with Gasteiger partial charge in [-0.3, -0.25) is 0 Å². The molecule has 0 aliphatic carbocycles. The Morgan fingerprint density at radius 3 is 2.67 bits per heavy atom. The third kappa shape index (κ3) is 3.15. The highest BCUT2D eigenvalue weighted by Crippen LogP contribution is 1.66. The molecule has 9 heavy (non-hydrogen) atoms. The summed E-state index contributed by atoms with van der Waals surface area (Å²) in [5, 5.41) is 16.5. The summed E-state index contributed by atoms with van der Waals surface area (Å²) in [6.07, 6.45) is 0. The molecule has 50 valence electrons. The smallest absolute Gasteiger partial charge is 0.400 e. The largest absolute Gasteiger partial charge is 0.474 e. The lowest BCUT2D eigenvalue weighted by molar-refractivity contribution is -0.501. The summed E-state index contributed by atoms with van der Waals surface area (Å²) in [6.45, 7) is 0. The van der Waals surface area contributed by atoms with Crippen LogP contribution in [0.1, 0.15) is 0 Å². The van der Waals surface area contributed by atoms with Crippen LogP contribution in [0.15, 0.2) is 10.3 Å². The van der Waals surface area contributed by atoms with Crippen LogP contribution < -0.4 is 10.8 Å². The number of carboxylic acid groups (broad SMARTS) is 1. The SMILES string of the molecule is C[NH+]=NN=C(N)C(=O)O. The quantitative estimate of drug-likeness (QED) is 0.159. The number of hydrogen-bond acceptors (Lipinski definition) is 2. The van der Waals surface area contributed by atoms with Crippen molar-refractivity contribution in [2.45, 2.75) is 0 Å². The number of nitrogens with zero attached hydrogens (tertiary/aromatic N) is 2. The number of carbonyl (C=O) groups is 1. The third-order valence-electron chi connectivity index (χ3n) is 0.477. The van der Waals surface area contributed by atoms with E-state index in [4.69, 9.17) is 10.8 Å². The molecule has 0 heterocycles. The van der Waals surface area contributed by atoms with E-state index >= 15 is 0 Å². The fourth-order valence-corrected chi connectivity index (χ4v) is 0.147. The zero-order chi connectivity index (χ0) is 7.28. The highest BCUT2D eigenvalue weighted by molar-refractivity contribution is 6.33. The Morgan fingerprint density at radius 2 is 2.33 bits per heavy atom. The summed E-state index contributed by atoms with van der Waals surface area (Å²) in [4.78, 5) is 9.86. The van der Waals surface area contributed by atoms with Crippen LogP contribution >= 0.6 is 0 Å². The van der Waals surface area contributed by atoms with Crippen LogP contribution in [-0.4, -0.2) is 24.0 Å². The molecule has 0 aliphatic rings. The second-order valence-electron chi connectivity index (χ2n) is 1.11. The number of hydrogen-bond donors (Lipinski definition) is 3. The fraction of sp³-hybridized carbons (Fsp3) is 0.333. The minimum absolute atomic E-state index is 0.538. The number of aliphatic carboxylic acids is 1. The van der Waals surface area contributed by atoms with Crippen molar-refractivity contribution in [2.24, 2.45) is 16.1 Å². The molecule has 0 aromatic carbocycles. The van der Waals surface area contributed by atoms with Gasteiger partial charge in [0.15, 0.2) is 0 Å². The molecular weight excluding hydrogens is 124 g/mol. The molecule has 0 saturated carbocycles. The van der Waals surface area contributed by atoms with E-state index in [1.54, 1.807) is 0 Å². The van der Waals surface area contributed by atoms with Gasteiger partial charge in [-0.2, -0.15) is 5.11 Å². The molecule has 0 spiro atoms. The molecule has 0 saturated heterocycles. The predicted molar refractivity (Wildman–Crippen MR) is 28.6 cm³/mol. The Bertz CT molecular complexity index is 161. The molecule has 0 aromatic heterocycles. The third-order valence-corrected chi connectivity index (χ3v) is 0.477. The minimum Gasteiger partial charge on any atom is -0.474 e. The van der Waals surface area contributed by atoms with E-state index < -0.39 is 11.8 Å². The van der Waals surface area contributed by atoms with Gasteiger partial charge in [0, 0.05) is 0 Å². The number of rotatable bonds is 1. The highest BCUT2D eigenvalue weighted by Gasteiger charge is 2.07. The molecular formula is C3H7N4O2+. The molecule has 0 fully saturated rings. The Balaban J connectivity index is 4.00. The monoisotopic (exact) mass is 131 g/mol. The van der Waals surface area contributed by atoms with Crippen LogP contribution in [0.4, 0.5) is 0 Å². The summed E-state index contributed by atoms with van der Waals surface area (Å²) in [7, 11) is 1.48. The molecule has 0 rings (SSSR count). The molecule has 0 aromatic rings. The van der Waals surface area contributed by atoms with Crippen LogP contribution in [0.25, 0.3) is 0 Å². The highest BCUT2D eigenvalue weighted by atomic mass is 16.4. The maximum Gasteiger partial charge on any atom is 0.400 e. The van der Waals surface area contributed by atoms with Crippen molar-refractivity contribution in [3.05, 3.63) is 0 Å². The lowest BCUT2D eigenvalue weighted by Crippen LogP contribution is -2.58. The first-order valence-corrected chi connectivity index (χ1v) is 2.11. The zero-order valence-corrected chi connectivity index (χ0v) is 4.83. The van der Waals surface area contributed by atoms with E-state index in [0.29, 0.717) is 0 Å². The molecule has 0 atom stereocenters. The zero-order valence-electron chi connectivity index (χ0n) is 4.83. The Labute approximate surface area is 51.1 Å². The van der Waals surface area contributed by atoms with Gasteiger partial charge in [0.1, 0.15) is 5.22 Å². The van der Waals surface area contributed by atoms with Gasteiger partial charge in [-0.15, -0.1) is 0 Å². The van der Waals surface area contributed by atoms with Gasteiger partial charge < -0.3 is 10.8 Å². The first-order valence-electron chi connectivity index (χ1n) is 2.11. The number of carboxylic acids is 1. The number of nitrogens with two attached hydrogens (primary N) is 1. The van der Waals surface area contributed by atoms with Crippen molar-refractivity contribution in [1.82, 2.24) is 0 Å². The van der Waals surface area contributed by atoms with E-state index in [0.717, 1.165) is 0 Å². The van der Waals surface area contributed by atoms with Crippen LogP contribution in [0.3, 0.4) is 0 Å². The van der Waals surface area contributed by atoms with Gasteiger partial charge >= 0.3 is 11.8 Å². The molecule has 6 nitrogen and oxygen atoms in total. The summed E-state index contributed by atoms with van der Waals surface area (Å²) >= 11 is 0. The minimum atomic E-state index is -1.28. The van der Waals surface area contributed by atoms with E-state index in [9.17, 15) is 4.79 Å². The van der Waals surface area contributed by atoms with E-state index in [1.807, 2.05) is 0 Å². The van der Waals surface area contributed by atoms with Crippen molar-refractivity contribution < 1.29 is 15.0 Å². The predicted octanol–water partition coefficient (Wildman–Crippen LogP) is -2.49. The molecule has 0 aliphatic heterocycles. The lowest BCUT2D eigenvalue weighted by Gasteiger charge is -1.75. The number of amidine groups is 1. The Kier molecular flexibility index (Phi) is 2.96. The van der Waals surface area contributed by atoms with E-state index in [1.165, 1.54) is 7.05 Å². The average molecular weight is 131 g/mol. The maximum absolute atomic E-state index is 9.86. The topological polar surface area (TPSA) is 102 Å². The Hall–Kier alpha value is -1.46. The van der Waals surface area contributed by atoms with Crippen molar-refractivity contribution in [2.75, 3.05) is 7.05 Å². The average Bonchev–Trinajstić information content (AvgIpc) is 1.82. The normalized spacial score (nSPS) is 12.3. The molecule has 0 radical (unpaired) electrons. The maximum atomic E-state index is 9.86. The molecule has 0 unspecified atom stereocenters. The van der Waals surface area contributed by atoms with Gasteiger partial charge in [0.25, 0.3) is 0 Å². The molecule has 0 bridgehead atoms. The lowest BCUT2D eigenvalue weighted by atomic mass is 10.6. The molecule has 4 N–H and O–H groups in total. The van der Waals surface area contributed by atoms with Gasteiger partial charge in [-0.1, -0.05) is 0 Å². The first-order chi connectivity index (χ1) is 4.18. The van der Waals surface area contributed by atoms with Crippen molar-refractivity contribution in [3.8, 4) is 0 Å². The van der Waals surface area contributed by atoms with Crippen molar-refractivity contribution in [1.29, 1.82) is 0 Å². The van der Waals surface area contributed by atoms with Gasteiger partial charge in [0.05, 0.1) is 12.1 Å². The summed E-state index contributed by atoms with van der Waals surface area (Å²) < 4.78 is 0. The summed E-state index contributed by atoms with van der Waals surface area (Å²) in [6, 6.07) is 0. The molecule has 0 amide bonds.